The summed E-state index contributed by atoms with van der Waals surface area (Å²) in [7, 11) is 2.13. The summed E-state index contributed by atoms with van der Waals surface area (Å²) in [6, 6.07) is 20.5. The molecule has 0 heterocycles. The first-order chi connectivity index (χ1) is 21.0. The smallest absolute Gasteiger partial charge is 0.305 e. The quantitative estimate of drug-likeness (QED) is 0.120. The Kier molecular flexibility index (Phi) is 16.9. The lowest BCUT2D eigenvalue weighted by atomic mass is 10.1. The number of aliphatic hydroxyl groups excluding tert-OH is 1. The lowest BCUT2D eigenvalue weighted by Gasteiger charge is -2.35. The molecule has 43 heavy (non-hydrogen) atoms. The second-order valence-electron chi connectivity index (χ2n) is 11.8. The Hall–Kier alpha value is -2.29. The summed E-state index contributed by atoms with van der Waals surface area (Å²) in [6.45, 7) is 6.62. The van der Waals surface area contributed by atoms with E-state index in [4.69, 9.17) is 18.9 Å². The van der Waals surface area contributed by atoms with E-state index in [0.717, 1.165) is 62.6 Å². The van der Waals surface area contributed by atoms with Crippen molar-refractivity contribution in [3.63, 3.8) is 0 Å². The van der Waals surface area contributed by atoms with Crippen molar-refractivity contribution in [3.8, 4) is 0 Å². The van der Waals surface area contributed by atoms with Crippen molar-refractivity contribution in [1.29, 1.82) is 0 Å². The van der Waals surface area contributed by atoms with Crippen LogP contribution in [0.2, 0.25) is 0 Å². The van der Waals surface area contributed by atoms with Crippen LogP contribution in [-0.2, 0) is 37.0 Å². The van der Waals surface area contributed by atoms with E-state index < -0.39 is 6.10 Å². The molecule has 1 fully saturated rings. The monoisotopic (exact) mass is 597 g/mol. The maximum absolute atomic E-state index is 11.7. The first-order valence-electron chi connectivity index (χ1n) is 16.5. The van der Waals surface area contributed by atoms with Crippen LogP contribution in [0.5, 0.6) is 0 Å². The maximum atomic E-state index is 11.7. The molecule has 1 N–H and O–H groups in total. The SMILES string of the molecule is CCCCCCC(O)CO[C@H]1[C@H](N(C)CCCCCC(=O)OCC)[C@@H](OCc2ccccc2)C[C@H]1OCc1ccccc1. The number of aliphatic hydroxyl groups is 1. The molecule has 0 saturated heterocycles. The average molecular weight is 598 g/mol. The third kappa shape index (κ3) is 13.1. The van der Waals surface area contributed by atoms with E-state index in [-0.39, 0.29) is 36.9 Å². The standard InChI is InChI=1S/C36H55NO6/c1-4-6-7-15-22-31(38)28-43-36-33(42-27-30-20-13-9-14-21-30)25-32(41-26-29-18-11-8-12-19-29)35(36)37(3)24-17-10-16-23-34(39)40-5-2/h8-9,11-14,18-21,31-33,35-36,38H,4-7,10,15-17,22-28H2,1-3H3/t31?,32-,33+,35+,36+/m0/s1. The van der Waals surface area contributed by atoms with Gasteiger partial charge < -0.3 is 24.1 Å². The average Bonchev–Trinajstić information content (AvgIpc) is 3.38. The van der Waals surface area contributed by atoms with Gasteiger partial charge in [0.15, 0.2) is 0 Å². The van der Waals surface area contributed by atoms with Gasteiger partial charge in [0.05, 0.1) is 50.8 Å². The minimum atomic E-state index is -0.496. The number of carbonyl (C=O) groups excluding carboxylic acids is 1. The summed E-state index contributed by atoms with van der Waals surface area (Å²) >= 11 is 0. The molecule has 1 saturated carbocycles. The van der Waals surface area contributed by atoms with Crippen LogP contribution < -0.4 is 0 Å². The predicted octanol–water partition coefficient (Wildman–Crippen LogP) is 6.70. The highest BCUT2D eigenvalue weighted by molar-refractivity contribution is 5.69. The van der Waals surface area contributed by atoms with E-state index in [9.17, 15) is 9.90 Å². The molecule has 0 radical (unpaired) electrons. The molecule has 1 aliphatic rings. The number of likely N-dealkylation sites (N-methyl/N-ethyl adjacent to an activating group) is 1. The van der Waals surface area contributed by atoms with Gasteiger partial charge in [-0.2, -0.15) is 0 Å². The number of rotatable bonds is 22. The van der Waals surface area contributed by atoms with Gasteiger partial charge in [0.1, 0.15) is 6.10 Å². The summed E-state index contributed by atoms with van der Waals surface area (Å²) in [6.07, 6.45) is 8.18. The van der Waals surface area contributed by atoms with E-state index >= 15 is 0 Å². The van der Waals surface area contributed by atoms with Crippen molar-refractivity contribution in [2.45, 2.75) is 122 Å². The summed E-state index contributed by atoms with van der Waals surface area (Å²) in [5.74, 6) is -0.124. The molecule has 0 spiro atoms. The van der Waals surface area contributed by atoms with Crippen LogP contribution in [0.15, 0.2) is 60.7 Å². The van der Waals surface area contributed by atoms with E-state index in [1.54, 1.807) is 0 Å². The van der Waals surface area contributed by atoms with Crippen molar-refractivity contribution >= 4 is 5.97 Å². The maximum Gasteiger partial charge on any atom is 0.305 e. The largest absolute Gasteiger partial charge is 0.466 e. The van der Waals surface area contributed by atoms with E-state index in [2.05, 4.69) is 43.1 Å². The van der Waals surface area contributed by atoms with Crippen molar-refractivity contribution in [3.05, 3.63) is 71.8 Å². The third-order valence-corrected chi connectivity index (χ3v) is 8.24. The Labute approximate surface area is 259 Å². The van der Waals surface area contributed by atoms with Gasteiger partial charge in [0, 0.05) is 12.8 Å². The number of ether oxygens (including phenoxy) is 4. The van der Waals surface area contributed by atoms with Crippen molar-refractivity contribution in [2.24, 2.45) is 0 Å². The molecule has 3 rings (SSSR count). The first kappa shape index (κ1) is 35.2. The topological polar surface area (TPSA) is 77.5 Å². The number of nitrogens with zero attached hydrogens (tertiary/aromatic N) is 1. The van der Waals surface area contributed by atoms with Gasteiger partial charge in [-0.25, -0.2) is 0 Å². The van der Waals surface area contributed by atoms with Crippen LogP contribution in [-0.4, -0.2) is 73.2 Å². The van der Waals surface area contributed by atoms with Gasteiger partial charge in [-0.1, -0.05) is 99.7 Å². The summed E-state index contributed by atoms with van der Waals surface area (Å²) in [5, 5.41) is 10.8. The molecule has 0 amide bonds. The molecular weight excluding hydrogens is 542 g/mol. The van der Waals surface area contributed by atoms with Crippen LogP contribution >= 0.6 is 0 Å². The van der Waals surface area contributed by atoms with Gasteiger partial charge in [-0.15, -0.1) is 0 Å². The lowest BCUT2D eigenvalue weighted by molar-refractivity contribution is -0.143. The van der Waals surface area contributed by atoms with Crippen LogP contribution in [0.1, 0.15) is 89.2 Å². The number of hydrogen-bond donors (Lipinski definition) is 1. The molecule has 7 heteroatoms. The Morgan fingerprint density at radius 3 is 2.09 bits per heavy atom. The first-order valence-corrected chi connectivity index (χ1v) is 16.5. The van der Waals surface area contributed by atoms with Crippen LogP contribution in [0.3, 0.4) is 0 Å². The summed E-state index contributed by atoms with van der Waals surface area (Å²) in [5.41, 5.74) is 2.26. The van der Waals surface area contributed by atoms with E-state index in [0.29, 0.717) is 26.2 Å². The minimum absolute atomic E-state index is 0.0261. The van der Waals surface area contributed by atoms with E-state index in [1.807, 2.05) is 43.3 Å². The van der Waals surface area contributed by atoms with Crippen LogP contribution in [0, 0.1) is 0 Å². The Morgan fingerprint density at radius 1 is 0.837 bits per heavy atom. The Morgan fingerprint density at radius 2 is 1.47 bits per heavy atom. The zero-order valence-corrected chi connectivity index (χ0v) is 26.7. The van der Waals surface area contributed by atoms with Gasteiger partial charge in [-0.05, 0) is 50.9 Å². The number of benzene rings is 2. The number of hydrogen-bond acceptors (Lipinski definition) is 7. The molecule has 7 nitrogen and oxygen atoms in total. The molecule has 1 unspecified atom stereocenters. The summed E-state index contributed by atoms with van der Waals surface area (Å²) in [4.78, 5) is 14.1. The highest BCUT2D eigenvalue weighted by atomic mass is 16.6. The second kappa shape index (κ2) is 20.6. The highest BCUT2D eigenvalue weighted by Crippen LogP contribution is 2.33. The second-order valence-corrected chi connectivity index (χ2v) is 11.8. The van der Waals surface area contributed by atoms with Crippen molar-refractivity contribution in [2.75, 3.05) is 26.8 Å². The zero-order valence-electron chi connectivity index (χ0n) is 26.7. The fourth-order valence-corrected chi connectivity index (χ4v) is 5.86. The fourth-order valence-electron chi connectivity index (χ4n) is 5.86. The third-order valence-electron chi connectivity index (χ3n) is 8.24. The minimum Gasteiger partial charge on any atom is -0.466 e. The molecule has 2 aromatic rings. The Bertz CT molecular complexity index is 990. The van der Waals surface area contributed by atoms with Crippen LogP contribution in [0.25, 0.3) is 0 Å². The molecule has 2 aromatic carbocycles. The molecule has 0 bridgehead atoms. The molecule has 5 atom stereocenters. The fraction of sp³-hybridized carbons (Fsp3) is 0.639. The normalized spacial score (nSPS) is 20.9. The zero-order chi connectivity index (χ0) is 30.7. The highest BCUT2D eigenvalue weighted by Gasteiger charge is 2.47. The molecular formula is C36H55NO6. The van der Waals surface area contributed by atoms with Gasteiger partial charge >= 0.3 is 5.97 Å². The molecule has 0 aliphatic heterocycles. The number of esters is 1. The molecule has 1 aliphatic carbocycles. The molecule has 240 valence electrons. The van der Waals surface area contributed by atoms with Crippen LogP contribution in [0.4, 0.5) is 0 Å². The number of carbonyl (C=O) groups is 1. The van der Waals surface area contributed by atoms with Gasteiger partial charge in [0.2, 0.25) is 0 Å². The van der Waals surface area contributed by atoms with Crippen molar-refractivity contribution < 1.29 is 28.8 Å². The predicted molar refractivity (Wildman–Crippen MR) is 171 cm³/mol. The van der Waals surface area contributed by atoms with E-state index in [1.165, 1.54) is 12.8 Å². The number of unbranched alkanes of at least 4 members (excludes halogenated alkanes) is 5. The summed E-state index contributed by atoms with van der Waals surface area (Å²) < 4.78 is 24.8. The Balaban J connectivity index is 1.69. The van der Waals surface area contributed by atoms with Crippen molar-refractivity contribution in [1.82, 2.24) is 4.90 Å². The molecule has 0 aromatic heterocycles. The lowest BCUT2D eigenvalue weighted by Crippen LogP contribution is -2.49. The van der Waals surface area contributed by atoms with Gasteiger partial charge in [-0.3, -0.25) is 9.69 Å². The van der Waals surface area contributed by atoms with Gasteiger partial charge in [0.25, 0.3) is 0 Å².